The maximum Gasteiger partial charge on any atom is 0.238 e. The minimum absolute atomic E-state index is 0.0723. The molecule has 1 aliphatic rings. The SMILES string of the molecule is O=C(Nc1cccc(Br)n1)C1CCCS1. The Bertz CT molecular complexity index is 366. The van der Waals surface area contributed by atoms with Gasteiger partial charge in [-0.25, -0.2) is 4.98 Å². The molecule has 1 aliphatic heterocycles. The molecule has 80 valence electrons. The summed E-state index contributed by atoms with van der Waals surface area (Å²) in [6.07, 6.45) is 2.11. The van der Waals surface area contributed by atoms with E-state index in [9.17, 15) is 4.79 Å². The zero-order chi connectivity index (χ0) is 10.7. The summed E-state index contributed by atoms with van der Waals surface area (Å²) in [5.41, 5.74) is 0. The van der Waals surface area contributed by atoms with Gasteiger partial charge in [0, 0.05) is 0 Å². The Hall–Kier alpha value is -0.550. The minimum atomic E-state index is 0.0723. The second-order valence-corrected chi connectivity index (χ2v) is 5.46. The maximum atomic E-state index is 11.7. The fraction of sp³-hybridized carbons (Fsp3) is 0.400. The van der Waals surface area contributed by atoms with Crippen molar-refractivity contribution in [2.24, 2.45) is 0 Å². The third-order valence-corrected chi connectivity index (χ3v) is 4.01. The van der Waals surface area contributed by atoms with Crippen LogP contribution in [-0.2, 0) is 4.79 Å². The zero-order valence-electron chi connectivity index (χ0n) is 8.07. The topological polar surface area (TPSA) is 42.0 Å². The van der Waals surface area contributed by atoms with E-state index < -0.39 is 0 Å². The van der Waals surface area contributed by atoms with Crippen LogP contribution >= 0.6 is 27.7 Å². The molecule has 3 nitrogen and oxygen atoms in total. The van der Waals surface area contributed by atoms with E-state index in [1.165, 1.54) is 0 Å². The van der Waals surface area contributed by atoms with Gasteiger partial charge in [0.2, 0.25) is 5.91 Å². The van der Waals surface area contributed by atoms with Crippen molar-refractivity contribution >= 4 is 39.4 Å². The number of pyridine rings is 1. The monoisotopic (exact) mass is 286 g/mol. The van der Waals surface area contributed by atoms with Crippen molar-refractivity contribution in [3.05, 3.63) is 22.8 Å². The molecule has 1 unspecified atom stereocenters. The smallest absolute Gasteiger partial charge is 0.238 e. The average Bonchev–Trinajstić information content (AvgIpc) is 2.70. The Morgan fingerprint density at radius 2 is 2.47 bits per heavy atom. The van der Waals surface area contributed by atoms with E-state index in [-0.39, 0.29) is 11.2 Å². The molecule has 1 aromatic rings. The molecular weight excluding hydrogens is 276 g/mol. The maximum absolute atomic E-state index is 11.7. The molecule has 0 bridgehead atoms. The van der Waals surface area contributed by atoms with Crippen molar-refractivity contribution in [2.45, 2.75) is 18.1 Å². The molecule has 0 radical (unpaired) electrons. The number of nitrogens with one attached hydrogen (secondary N) is 1. The Kier molecular flexibility index (Phi) is 3.64. The molecule has 0 spiro atoms. The average molecular weight is 287 g/mol. The molecule has 1 saturated heterocycles. The van der Waals surface area contributed by atoms with Crippen molar-refractivity contribution in [1.82, 2.24) is 4.98 Å². The second-order valence-electron chi connectivity index (χ2n) is 3.34. The van der Waals surface area contributed by atoms with Crippen LogP contribution in [0.5, 0.6) is 0 Å². The first-order chi connectivity index (χ1) is 7.25. The van der Waals surface area contributed by atoms with Gasteiger partial charge in [-0.15, -0.1) is 11.8 Å². The predicted octanol–water partition coefficient (Wildman–Crippen LogP) is 2.68. The Labute approximate surface area is 101 Å². The first-order valence-corrected chi connectivity index (χ1v) is 6.65. The highest BCUT2D eigenvalue weighted by Crippen LogP contribution is 2.27. The van der Waals surface area contributed by atoms with Crippen LogP contribution in [0, 0.1) is 0 Å². The van der Waals surface area contributed by atoms with Gasteiger partial charge in [0.15, 0.2) is 0 Å². The molecule has 0 saturated carbocycles. The normalized spacial score (nSPS) is 20.2. The van der Waals surface area contributed by atoms with E-state index in [1.807, 2.05) is 12.1 Å². The number of hydrogen-bond donors (Lipinski definition) is 1. The summed E-state index contributed by atoms with van der Waals surface area (Å²) in [5, 5.41) is 2.93. The van der Waals surface area contributed by atoms with Crippen molar-refractivity contribution < 1.29 is 4.79 Å². The molecule has 5 heteroatoms. The Morgan fingerprint density at radius 3 is 3.13 bits per heavy atom. The number of anilines is 1. The van der Waals surface area contributed by atoms with Gasteiger partial charge in [-0.05, 0) is 46.7 Å². The lowest BCUT2D eigenvalue weighted by Gasteiger charge is -2.08. The van der Waals surface area contributed by atoms with Crippen molar-refractivity contribution in [3.63, 3.8) is 0 Å². The molecule has 2 heterocycles. The van der Waals surface area contributed by atoms with Gasteiger partial charge in [0.25, 0.3) is 0 Å². The van der Waals surface area contributed by atoms with E-state index in [0.29, 0.717) is 5.82 Å². The van der Waals surface area contributed by atoms with E-state index in [2.05, 4.69) is 26.2 Å². The summed E-state index contributed by atoms with van der Waals surface area (Å²) in [4.78, 5) is 15.9. The van der Waals surface area contributed by atoms with Crippen molar-refractivity contribution in [3.8, 4) is 0 Å². The summed E-state index contributed by atoms with van der Waals surface area (Å²) in [6, 6.07) is 5.48. The van der Waals surface area contributed by atoms with Crippen LogP contribution in [0.15, 0.2) is 22.8 Å². The fourth-order valence-corrected chi connectivity index (χ4v) is 2.97. The van der Waals surface area contributed by atoms with E-state index in [1.54, 1.807) is 17.8 Å². The van der Waals surface area contributed by atoms with Gasteiger partial charge in [0.1, 0.15) is 10.4 Å². The summed E-state index contributed by atoms with van der Waals surface area (Å²) in [6.45, 7) is 0. The Balaban J connectivity index is 1.99. The van der Waals surface area contributed by atoms with Gasteiger partial charge in [-0.2, -0.15) is 0 Å². The van der Waals surface area contributed by atoms with Crippen LogP contribution in [0.3, 0.4) is 0 Å². The van der Waals surface area contributed by atoms with Crippen LogP contribution < -0.4 is 5.32 Å². The first kappa shape index (κ1) is 11.0. The molecule has 0 aromatic carbocycles. The molecule has 1 aromatic heterocycles. The van der Waals surface area contributed by atoms with Gasteiger partial charge in [-0.1, -0.05) is 6.07 Å². The van der Waals surface area contributed by atoms with Gasteiger partial charge in [-0.3, -0.25) is 4.79 Å². The van der Waals surface area contributed by atoms with Crippen molar-refractivity contribution in [1.29, 1.82) is 0 Å². The molecule has 1 atom stereocenters. The molecule has 0 aliphatic carbocycles. The number of rotatable bonds is 2. The fourth-order valence-electron chi connectivity index (χ4n) is 1.47. The third kappa shape index (κ3) is 2.95. The predicted molar refractivity (Wildman–Crippen MR) is 66.0 cm³/mol. The first-order valence-electron chi connectivity index (χ1n) is 4.81. The number of thioether (sulfide) groups is 1. The number of hydrogen-bond acceptors (Lipinski definition) is 3. The van der Waals surface area contributed by atoms with Crippen LogP contribution in [0.2, 0.25) is 0 Å². The third-order valence-electron chi connectivity index (χ3n) is 2.19. The molecular formula is C10H11BrN2OS. The number of halogens is 1. The Morgan fingerprint density at radius 1 is 1.60 bits per heavy atom. The number of carbonyl (C=O) groups excluding carboxylic acids is 1. The standard InChI is InChI=1S/C10H11BrN2OS/c11-8-4-1-5-9(12-8)13-10(14)7-3-2-6-15-7/h1,4-5,7H,2-3,6H2,(H,12,13,14). The summed E-state index contributed by atoms with van der Waals surface area (Å²) in [5.74, 6) is 1.77. The molecule has 2 rings (SSSR count). The molecule has 1 N–H and O–H groups in total. The second kappa shape index (κ2) is 4.99. The quantitative estimate of drug-likeness (QED) is 0.850. The lowest BCUT2D eigenvalue weighted by Crippen LogP contribution is -2.23. The van der Waals surface area contributed by atoms with E-state index in [0.717, 1.165) is 23.2 Å². The number of carbonyl (C=O) groups is 1. The highest BCUT2D eigenvalue weighted by Gasteiger charge is 2.23. The lowest BCUT2D eigenvalue weighted by molar-refractivity contribution is -0.115. The van der Waals surface area contributed by atoms with Gasteiger partial charge in [0.05, 0.1) is 5.25 Å². The largest absolute Gasteiger partial charge is 0.310 e. The zero-order valence-corrected chi connectivity index (χ0v) is 10.5. The highest BCUT2D eigenvalue weighted by molar-refractivity contribution is 9.10. The van der Waals surface area contributed by atoms with Crippen LogP contribution in [0.4, 0.5) is 5.82 Å². The van der Waals surface area contributed by atoms with E-state index >= 15 is 0 Å². The molecule has 1 amide bonds. The summed E-state index contributed by atoms with van der Waals surface area (Å²) in [7, 11) is 0. The van der Waals surface area contributed by atoms with E-state index in [4.69, 9.17) is 0 Å². The van der Waals surface area contributed by atoms with Crippen LogP contribution in [-0.4, -0.2) is 21.9 Å². The lowest BCUT2D eigenvalue weighted by atomic mass is 10.2. The van der Waals surface area contributed by atoms with Crippen LogP contribution in [0.25, 0.3) is 0 Å². The summed E-state index contributed by atoms with van der Waals surface area (Å²) < 4.78 is 0.736. The molecule has 1 fully saturated rings. The molecule has 15 heavy (non-hydrogen) atoms. The highest BCUT2D eigenvalue weighted by atomic mass is 79.9. The minimum Gasteiger partial charge on any atom is -0.310 e. The van der Waals surface area contributed by atoms with Crippen LogP contribution in [0.1, 0.15) is 12.8 Å². The number of nitrogens with zero attached hydrogens (tertiary/aromatic N) is 1. The number of amides is 1. The van der Waals surface area contributed by atoms with Gasteiger partial charge < -0.3 is 5.32 Å². The summed E-state index contributed by atoms with van der Waals surface area (Å²) >= 11 is 4.99. The number of aromatic nitrogens is 1. The van der Waals surface area contributed by atoms with Gasteiger partial charge >= 0.3 is 0 Å². The van der Waals surface area contributed by atoms with Crippen molar-refractivity contribution in [2.75, 3.05) is 11.1 Å².